The van der Waals surface area contributed by atoms with Gasteiger partial charge in [-0.15, -0.1) is 0 Å². The van der Waals surface area contributed by atoms with E-state index >= 15 is 0 Å². The molecule has 3 nitrogen and oxygen atoms in total. The Bertz CT molecular complexity index is 655. The molecule has 2 rings (SSSR count). The molecule has 0 aliphatic heterocycles. The molecule has 0 saturated heterocycles. The van der Waals surface area contributed by atoms with E-state index in [1.165, 1.54) is 6.07 Å². The third kappa shape index (κ3) is 4.07. The molecule has 0 aliphatic rings. The van der Waals surface area contributed by atoms with Crippen LogP contribution in [0.3, 0.4) is 0 Å². The summed E-state index contributed by atoms with van der Waals surface area (Å²) in [6.07, 6.45) is 1.15. The lowest BCUT2D eigenvalue weighted by Gasteiger charge is -2.13. The highest BCUT2D eigenvalue weighted by Gasteiger charge is 2.08. The third-order valence-corrected chi connectivity index (χ3v) is 3.55. The number of anilines is 2. The molecular weight excluding hydrogens is 279 g/mol. The van der Waals surface area contributed by atoms with E-state index in [0.717, 1.165) is 23.2 Å². The minimum atomic E-state index is -0.310. The second-order valence-corrected chi connectivity index (χ2v) is 5.17. The zero-order chi connectivity index (χ0) is 15.9. The van der Waals surface area contributed by atoms with Gasteiger partial charge in [0.1, 0.15) is 5.82 Å². The van der Waals surface area contributed by atoms with Gasteiger partial charge in [0, 0.05) is 18.7 Å². The number of benzene rings is 2. The maximum Gasteiger partial charge on any atom is 0.226 e. The van der Waals surface area contributed by atoms with Gasteiger partial charge in [0.25, 0.3) is 0 Å². The molecule has 2 N–H and O–H groups in total. The summed E-state index contributed by atoms with van der Waals surface area (Å²) in [5, 5.41) is 5.89. The fourth-order valence-corrected chi connectivity index (χ4v) is 2.32. The fourth-order valence-electron chi connectivity index (χ4n) is 2.32. The number of nitrogens with one attached hydrogen (secondary N) is 2. The molecule has 0 fully saturated rings. The Kier molecular flexibility index (Phi) is 5.53. The van der Waals surface area contributed by atoms with Gasteiger partial charge in [-0.2, -0.15) is 0 Å². The summed E-state index contributed by atoms with van der Waals surface area (Å²) < 4.78 is 13.4. The van der Waals surface area contributed by atoms with Crippen LogP contribution in [0.1, 0.15) is 24.5 Å². The van der Waals surface area contributed by atoms with Crippen molar-refractivity contribution in [1.29, 1.82) is 0 Å². The van der Waals surface area contributed by atoms with Crippen LogP contribution in [0.25, 0.3) is 0 Å². The average molecular weight is 300 g/mol. The molecule has 22 heavy (non-hydrogen) atoms. The number of hydrogen-bond acceptors (Lipinski definition) is 2. The van der Waals surface area contributed by atoms with Crippen molar-refractivity contribution in [3.8, 4) is 0 Å². The summed E-state index contributed by atoms with van der Waals surface area (Å²) in [7, 11) is 0. The first-order valence-corrected chi connectivity index (χ1v) is 7.48. The molecule has 0 bridgehead atoms. The van der Waals surface area contributed by atoms with Crippen LogP contribution in [0.5, 0.6) is 0 Å². The lowest BCUT2D eigenvalue weighted by Crippen LogP contribution is -2.18. The molecule has 4 heteroatoms. The maximum atomic E-state index is 13.4. The van der Waals surface area contributed by atoms with E-state index in [1.54, 1.807) is 18.2 Å². The first-order valence-electron chi connectivity index (χ1n) is 7.48. The van der Waals surface area contributed by atoms with E-state index in [9.17, 15) is 9.18 Å². The van der Waals surface area contributed by atoms with Crippen molar-refractivity contribution in [1.82, 2.24) is 0 Å². The van der Waals surface area contributed by atoms with Crippen molar-refractivity contribution in [2.45, 2.75) is 26.7 Å². The van der Waals surface area contributed by atoms with Crippen LogP contribution in [0.4, 0.5) is 15.8 Å². The SMILES string of the molecule is CCc1cccc(C)c1NC(=O)CCNc1ccccc1F. The number of para-hydroxylation sites is 2. The van der Waals surface area contributed by atoms with E-state index in [1.807, 2.05) is 25.1 Å². The number of aryl methyl sites for hydroxylation is 2. The lowest BCUT2D eigenvalue weighted by atomic mass is 10.1. The number of hydrogen-bond donors (Lipinski definition) is 2. The van der Waals surface area contributed by atoms with Crippen LogP contribution in [0.15, 0.2) is 42.5 Å². The van der Waals surface area contributed by atoms with Crippen LogP contribution in [-0.2, 0) is 11.2 Å². The summed E-state index contributed by atoms with van der Waals surface area (Å²) in [5.74, 6) is -0.386. The van der Waals surface area contributed by atoms with Crippen molar-refractivity contribution >= 4 is 17.3 Å². The highest BCUT2D eigenvalue weighted by atomic mass is 19.1. The second-order valence-electron chi connectivity index (χ2n) is 5.17. The minimum absolute atomic E-state index is 0.0761. The smallest absolute Gasteiger partial charge is 0.226 e. The highest BCUT2D eigenvalue weighted by molar-refractivity contribution is 5.92. The normalized spacial score (nSPS) is 10.3. The Morgan fingerprint density at radius 2 is 1.91 bits per heavy atom. The van der Waals surface area contributed by atoms with E-state index in [0.29, 0.717) is 12.2 Å². The summed E-state index contributed by atoms with van der Waals surface area (Å²) in [4.78, 5) is 12.1. The molecule has 0 aromatic heterocycles. The number of carbonyl (C=O) groups is 1. The molecule has 0 atom stereocenters. The number of amides is 1. The zero-order valence-electron chi connectivity index (χ0n) is 12.9. The van der Waals surface area contributed by atoms with E-state index < -0.39 is 0 Å². The summed E-state index contributed by atoms with van der Waals surface area (Å²) >= 11 is 0. The molecular formula is C18H21FN2O. The van der Waals surface area contributed by atoms with Crippen molar-refractivity contribution < 1.29 is 9.18 Å². The van der Waals surface area contributed by atoms with Crippen molar-refractivity contribution in [3.63, 3.8) is 0 Å². The predicted molar refractivity (Wildman–Crippen MR) is 88.7 cm³/mol. The molecule has 116 valence electrons. The van der Waals surface area contributed by atoms with Gasteiger partial charge in [-0.1, -0.05) is 37.3 Å². The molecule has 0 saturated carbocycles. The van der Waals surface area contributed by atoms with Gasteiger partial charge in [-0.3, -0.25) is 4.79 Å². The lowest BCUT2D eigenvalue weighted by molar-refractivity contribution is -0.115. The van der Waals surface area contributed by atoms with Gasteiger partial charge < -0.3 is 10.6 Å². The van der Waals surface area contributed by atoms with Crippen molar-refractivity contribution in [2.24, 2.45) is 0 Å². The minimum Gasteiger partial charge on any atom is -0.382 e. The molecule has 2 aromatic carbocycles. The van der Waals surface area contributed by atoms with E-state index in [4.69, 9.17) is 0 Å². The highest BCUT2D eigenvalue weighted by Crippen LogP contribution is 2.21. The molecule has 0 radical (unpaired) electrons. The summed E-state index contributed by atoms with van der Waals surface area (Å²) in [5.41, 5.74) is 3.48. The predicted octanol–water partition coefficient (Wildman–Crippen LogP) is 4.14. The average Bonchev–Trinajstić information content (AvgIpc) is 2.51. The third-order valence-electron chi connectivity index (χ3n) is 3.55. The number of rotatable bonds is 6. The van der Waals surface area contributed by atoms with Crippen LogP contribution in [-0.4, -0.2) is 12.5 Å². The second kappa shape index (κ2) is 7.59. The van der Waals surface area contributed by atoms with Gasteiger partial charge in [-0.25, -0.2) is 4.39 Å². The zero-order valence-corrected chi connectivity index (χ0v) is 12.9. The largest absolute Gasteiger partial charge is 0.382 e. The van der Waals surface area contributed by atoms with Gasteiger partial charge >= 0.3 is 0 Å². The van der Waals surface area contributed by atoms with E-state index in [2.05, 4.69) is 17.6 Å². The summed E-state index contributed by atoms with van der Waals surface area (Å²) in [6.45, 7) is 4.43. The molecule has 0 heterocycles. The Hall–Kier alpha value is -2.36. The van der Waals surface area contributed by atoms with Crippen LogP contribution in [0, 0.1) is 12.7 Å². The van der Waals surface area contributed by atoms with Crippen molar-refractivity contribution in [2.75, 3.05) is 17.2 Å². The molecule has 0 spiro atoms. The molecule has 1 amide bonds. The quantitative estimate of drug-likeness (QED) is 0.842. The van der Waals surface area contributed by atoms with Crippen LogP contribution < -0.4 is 10.6 Å². The van der Waals surface area contributed by atoms with E-state index in [-0.39, 0.29) is 18.1 Å². The first kappa shape index (κ1) is 16.0. The fraction of sp³-hybridized carbons (Fsp3) is 0.278. The Morgan fingerprint density at radius 3 is 2.64 bits per heavy atom. The van der Waals surface area contributed by atoms with Gasteiger partial charge in [0.15, 0.2) is 0 Å². The maximum absolute atomic E-state index is 13.4. The van der Waals surface area contributed by atoms with Gasteiger partial charge in [-0.05, 0) is 36.6 Å². The molecule has 0 unspecified atom stereocenters. The molecule has 0 aliphatic carbocycles. The monoisotopic (exact) mass is 300 g/mol. The van der Waals surface area contributed by atoms with Gasteiger partial charge in [0.2, 0.25) is 5.91 Å². The van der Waals surface area contributed by atoms with Crippen LogP contribution >= 0.6 is 0 Å². The first-order chi connectivity index (χ1) is 10.6. The Balaban J connectivity index is 1.90. The van der Waals surface area contributed by atoms with Crippen molar-refractivity contribution in [3.05, 3.63) is 59.4 Å². The van der Waals surface area contributed by atoms with Gasteiger partial charge in [0.05, 0.1) is 5.69 Å². The Labute approximate surface area is 130 Å². The van der Waals surface area contributed by atoms with Crippen LogP contribution in [0.2, 0.25) is 0 Å². The number of carbonyl (C=O) groups excluding carboxylic acids is 1. The Morgan fingerprint density at radius 1 is 1.14 bits per heavy atom. The molecule has 2 aromatic rings. The topological polar surface area (TPSA) is 41.1 Å². The number of halogens is 1. The summed E-state index contributed by atoms with van der Waals surface area (Å²) in [6, 6.07) is 12.4. The standard InChI is InChI=1S/C18H21FN2O/c1-3-14-8-6-7-13(2)18(14)21-17(22)11-12-20-16-10-5-4-9-15(16)19/h4-10,20H,3,11-12H2,1-2H3,(H,21,22).